The van der Waals surface area contributed by atoms with E-state index >= 15 is 0 Å². The fraction of sp³-hybridized carbons (Fsp3) is 0.304. The Morgan fingerprint density at radius 1 is 1.06 bits per heavy atom. The molecule has 1 aliphatic heterocycles. The minimum atomic E-state index is 0. The molecule has 0 aliphatic carbocycles. The molecule has 0 bridgehead atoms. The Labute approximate surface area is 200 Å². The third-order valence-electron chi connectivity index (χ3n) is 5.44. The van der Waals surface area contributed by atoms with E-state index in [1.165, 1.54) is 11.3 Å². The number of para-hydroxylation sites is 1. The number of benzene rings is 2. The van der Waals surface area contributed by atoms with Crippen LogP contribution >= 0.6 is 24.0 Å². The van der Waals surface area contributed by atoms with Crippen molar-refractivity contribution in [3.8, 4) is 11.4 Å². The molecule has 2 heterocycles. The second-order valence-electron chi connectivity index (χ2n) is 7.17. The minimum absolute atomic E-state index is 0. The van der Waals surface area contributed by atoms with E-state index in [0.717, 1.165) is 43.6 Å². The smallest absolute Gasteiger partial charge is 0.194 e. The number of piperazine rings is 1. The van der Waals surface area contributed by atoms with Gasteiger partial charge in [-0.2, -0.15) is 0 Å². The first-order chi connectivity index (χ1) is 14.8. The van der Waals surface area contributed by atoms with Gasteiger partial charge in [-0.1, -0.05) is 18.2 Å². The number of ether oxygens (including phenoxy) is 1. The largest absolute Gasteiger partial charge is 0.497 e. The highest BCUT2D eigenvalue weighted by atomic mass is 127. The molecular formula is C23H29IN6O. The van der Waals surface area contributed by atoms with Gasteiger partial charge in [0, 0.05) is 57.9 Å². The molecule has 1 aliphatic rings. The maximum Gasteiger partial charge on any atom is 0.194 e. The van der Waals surface area contributed by atoms with Gasteiger partial charge < -0.3 is 24.4 Å². The van der Waals surface area contributed by atoms with Gasteiger partial charge in [-0.15, -0.1) is 24.0 Å². The summed E-state index contributed by atoms with van der Waals surface area (Å²) in [7, 11) is 3.54. The van der Waals surface area contributed by atoms with Gasteiger partial charge in [0.15, 0.2) is 5.96 Å². The molecule has 3 aromatic rings. The van der Waals surface area contributed by atoms with Crippen molar-refractivity contribution in [2.24, 2.45) is 4.99 Å². The third-order valence-corrected chi connectivity index (χ3v) is 5.44. The Morgan fingerprint density at radius 2 is 1.81 bits per heavy atom. The monoisotopic (exact) mass is 532 g/mol. The lowest BCUT2D eigenvalue weighted by atomic mass is 10.1. The number of imidazole rings is 1. The van der Waals surface area contributed by atoms with Crippen LogP contribution in [0.4, 0.5) is 5.69 Å². The van der Waals surface area contributed by atoms with Crippen molar-refractivity contribution >= 4 is 35.6 Å². The van der Waals surface area contributed by atoms with E-state index in [0.29, 0.717) is 6.54 Å². The van der Waals surface area contributed by atoms with Crippen molar-refractivity contribution in [3.63, 3.8) is 0 Å². The second-order valence-corrected chi connectivity index (χ2v) is 7.17. The van der Waals surface area contributed by atoms with Gasteiger partial charge >= 0.3 is 0 Å². The molecule has 0 radical (unpaired) electrons. The predicted octanol–water partition coefficient (Wildman–Crippen LogP) is 3.40. The zero-order valence-electron chi connectivity index (χ0n) is 17.9. The van der Waals surface area contributed by atoms with Crippen LogP contribution in [0.5, 0.6) is 5.75 Å². The van der Waals surface area contributed by atoms with Crippen molar-refractivity contribution in [3.05, 3.63) is 72.8 Å². The number of halogens is 1. The highest BCUT2D eigenvalue weighted by Gasteiger charge is 2.20. The Kier molecular flexibility index (Phi) is 8.16. The van der Waals surface area contributed by atoms with E-state index in [1.54, 1.807) is 13.3 Å². The van der Waals surface area contributed by atoms with Crippen molar-refractivity contribution in [2.45, 2.75) is 6.54 Å². The quantitative estimate of drug-likeness (QED) is 0.310. The molecule has 1 aromatic heterocycles. The highest BCUT2D eigenvalue weighted by Crippen LogP contribution is 2.20. The molecule has 0 amide bonds. The SMILES string of the molecule is CN=C(NCc1ccccc1-n1ccnc1)N1CCN(c2ccc(OC)cc2)CC1.I. The summed E-state index contributed by atoms with van der Waals surface area (Å²) >= 11 is 0. The zero-order valence-corrected chi connectivity index (χ0v) is 20.3. The number of nitrogens with zero attached hydrogens (tertiary/aromatic N) is 5. The van der Waals surface area contributed by atoms with Crippen LogP contribution in [-0.4, -0.2) is 60.7 Å². The zero-order chi connectivity index (χ0) is 20.8. The summed E-state index contributed by atoms with van der Waals surface area (Å²) in [6.45, 7) is 4.47. The van der Waals surface area contributed by atoms with Crippen LogP contribution in [0.15, 0.2) is 72.2 Å². The topological polar surface area (TPSA) is 57.9 Å². The first kappa shape index (κ1) is 22.9. The van der Waals surface area contributed by atoms with Crippen LogP contribution in [-0.2, 0) is 6.54 Å². The van der Waals surface area contributed by atoms with Crippen molar-refractivity contribution in [1.82, 2.24) is 19.8 Å². The Balaban J connectivity index is 0.00000272. The summed E-state index contributed by atoms with van der Waals surface area (Å²) in [6, 6.07) is 16.6. The van der Waals surface area contributed by atoms with E-state index < -0.39 is 0 Å². The van der Waals surface area contributed by atoms with Crippen LogP contribution in [0.3, 0.4) is 0 Å². The summed E-state index contributed by atoms with van der Waals surface area (Å²) in [5, 5.41) is 3.53. The molecule has 2 aromatic carbocycles. The molecule has 0 saturated carbocycles. The molecule has 4 rings (SSSR count). The van der Waals surface area contributed by atoms with Crippen molar-refractivity contribution in [2.75, 3.05) is 45.2 Å². The number of guanidine groups is 1. The van der Waals surface area contributed by atoms with E-state index in [4.69, 9.17) is 4.74 Å². The Hall–Kier alpha value is -2.75. The predicted molar refractivity (Wildman–Crippen MR) is 136 cm³/mol. The molecule has 31 heavy (non-hydrogen) atoms. The summed E-state index contributed by atoms with van der Waals surface area (Å²) < 4.78 is 7.29. The lowest BCUT2D eigenvalue weighted by Crippen LogP contribution is -2.52. The van der Waals surface area contributed by atoms with Crippen LogP contribution in [0.2, 0.25) is 0 Å². The summed E-state index contributed by atoms with van der Waals surface area (Å²) in [5.41, 5.74) is 3.56. The fourth-order valence-corrected chi connectivity index (χ4v) is 3.79. The maximum absolute atomic E-state index is 5.26. The van der Waals surface area contributed by atoms with E-state index in [9.17, 15) is 0 Å². The summed E-state index contributed by atoms with van der Waals surface area (Å²) in [4.78, 5) is 13.4. The van der Waals surface area contributed by atoms with Crippen LogP contribution in [0.25, 0.3) is 5.69 Å². The number of aromatic nitrogens is 2. The van der Waals surface area contributed by atoms with E-state index in [1.807, 2.05) is 42.3 Å². The van der Waals surface area contributed by atoms with E-state index in [2.05, 4.69) is 55.4 Å². The van der Waals surface area contributed by atoms with Crippen LogP contribution in [0.1, 0.15) is 5.56 Å². The number of aliphatic imine (C=N–C) groups is 1. The Morgan fingerprint density at radius 3 is 2.45 bits per heavy atom. The molecular weight excluding hydrogens is 503 g/mol. The average molecular weight is 532 g/mol. The number of methoxy groups -OCH3 is 1. The third kappa shape index (κ3) is 5.49. The minimum Gasteiger partial charge on any atom is -0.497 e. The van der Waals surface area contributed by atoms with Gasteiger partial charge in [-0.3, -0.25) is 4.99 Å². The molecule has 8 heteroatoms. The molecule has 7 nitrogen and oxygen atoms in total. The number of hydrogen-bond donors (Lipinski definition) is 1. The lowest BCUT2D eigenvalue weighted by molar-refractivity contribution is 0.372. The van der Waals surface area contributed by atoms with Gasteiger partial charge in [0.1, 0.15) is 5.75 Å². The number of rotatable bonds is 5. The number of anilines is 1. The standard InChI is InChI=1S/C23H28N6O.HI/c1-24-23(26-17-19-5-3-4-6-22(19)29-12-11-25-18-29)28-15-13-27(14-16-28)20-7-9-21(30-2)10-8-20;/h3-12,18H,13-17H2,1-2H3,(H,24,26);1H. The van der Waals surface area contributed by atoms with Gasteiger partial charge in [0.25, 0.3) is 0 Å². The fourth-order valence-electron chi connectivity index (χ4n) is 3.79. The van der Waals surface area contributed by atoms with Gasteiger partial charge in [-0.25, -0.2) is 4.98 Å². The molecule has 164 valence electrons. The molecule has 1 fully saturated rings. The lowest BCUT2D eigenvalue weighted by Gasteiger charge is -2.37. The van der Waals surface area contributed by atoms with Crippen LogP contribution < -0.4 is 15.0 Å². The van der Waals surface area contributed by atoms with Gasteiger partial charge in [-0.05, 0) is 35.9 Å². The van der Waals surface area contributed by atoms with Gasteiger partial charge in [0.05, 0.1) is 19.1 Å². The first-order valence-electron chi connectivity index (χ1n) is 10.2. The molecule has 0 spiro atoms. The highest BCUT2D eigenvalue weighted by molar-refractivity contribution is 14.0. The number of nitrogens with one attached hydrogen (secondary N) is 1. The molecule has 1 N–H and O–H groups in total. The molecule has 0 unspecified atom stereocenters. The average Bonchev–Trinajstić information content (AvgIpc) is 3.35. The summed E-state index contributed by atoms with van der Waals surface area (Å²) in [6.07, 6.45) is 5.59. The summed E-state index contributed by atoms with van der Waals surface area (Å²) in [5.74, 6) is 1.82. The maximum atomic E-state index is 5.26. The van der Waals surface area contributed by atoms with Gasteiger partial charge in [0.2, 0.25) is 0 Å². The van der Waals surface area contributed by atoms with E-state index in [-0.39, 0.29) is 24.0 Å². The normalized spacial score (nSPS) is 14.2. The second kappa shape index (κ2) is 11.0. The van der Waals surface area contributed by atoms with Crippen LogP contribution in [0, 0.1) is 0 Å². The van der Waals surface area contributed by atoms with Crippen molar-refractivity contribution < 1.29 is 4.74 Å². The Bertz CT molecular complexity index is 966. The first-order valence-corrected chi connectivity index (χ1v) is 10.2. The number of hydrogen-bond acceptors (Lipinski definition) is 4. The van der Waals surface area contributed by atoms with Crippen molar-refractivity contribution in [1.29, 1.82) is 0 Å². The molecule has 0 atom stereocenters. The molecule has 1 saturated heterocycles.